The molecule has 5 nitrogen and oxygen atoms in total. The quantitative estimate of drug-likeness (QED) is 0.500. The largest absolute Gasteiger partial charge is 0.394 e. The molecule has 1 aliphatic heterocycles. The summed E-state index contributed by atoms with van der Waals surface area (Å²) in [6, 6.07) is 1.64. The van der Waals surface area contributed by atoms with E-state index in [1.165, 1.54) is 0 Å². The van der Waals surface area contributed by atoms with Crippen LogP contribution in [0.5, 0.6) is 0 Å². The number of hydrogen-bond donors (Lipinski definition) is 4. The fourth-order valence-corrected chi connectivity index (χ4v) is 4.05. The molecule has 1 saturated heterocycles. The predicted molar refractivity (Wildman–Crippen MR) is 92.8 cm³/mol. The maximum Gasteiger partial charge on any atom is 0.120 e. The van der Waals surface area contributed by atoms with Gasteiger partial charge in [-0.1, -0.05) is 34.8 Å². The maximum atomic E-state index is 10.3. The minimum Gasteiger partial charge on any atom is -0.394 e. The molecule has 120 valence electrons. The number of halogens is 4. The molecule has 1 aromatic carbocycles. The Kier molecular flexibility index (Phi) is 4.84. The third kappa shape index (κ3) is 2.53. The number of aliphatic hydroxyl groups is 3. The van der Waals surface area contributed by atoms with Crippen molar-refractivity contribution in [2.75, 3.05) is 6.61 Å². The SMILES string of the molecule is OC[C@H]1O[C@@H](c2c(Cl)c(Cl)cc3[nH]c(Cl)c(I)c23)[C@H](O)[C@@H]1O. The highest BCUT2D eigenvalue weighted by molar-refractivity contribution is 14.1. The molecule has 0 aliphatic carbocycles. The van der Waals surface area contributed by atoms with Crippen LogP contribution in [0, 0.1) is 3.57 Å². The van der Waals surface area contributed by atoms with Gasteiger partial charge in [0.2, 0.25) is 0 Å². The summed E-state index contributed by atoms with van der Waals surface area (Å²) < 4.78 is 6.28. The molecule has 0 spiro atoms. The fourth-order valence-electron chi connectivity index (χ4n) is 2.67. The summed E-state index contributed by atoms with van der Waals surface area (Å²) in [7, 11) is 0. The van der Waals surface area contributed by atoms with Gasteiger partial charge in [-0.3, -0.25) is 0 Å². The molecule has 0 saturated carbocycles. The van der Waals surface area contributed by atoms with Crippen molar-refractivity contribution in [2.24, 2.45) is 0 Å². The van der Waals surface area contributed by atoms with E-state index in [9.17, 15) is 15.3 Å². The monoisotopic (exact) mass is 477 g/mol. The van der Waals surface area contributed by atoms with E-state index in [2.05, 4.69) is 27.6 Å². The summed E-state index contributed by atoms with van der Waals surface area (Å²) in [4.78, 5) is 2.98. The summed E-state index contributed by atoms with van der Waals surface area (Å²) in [6.45, 7) is -0.416. The number of rotatable bonds is 2. The Morgan fingerprint density at radius 2 is 1.91 bits per heavy atom. The van der Waals surface area contributed by atoms with Crippen molar-refractivity contribution in [3.8, 4) is 0 Å². The Morgan fingerprint density at radius 3 is 2.50 bits per heavy atom. The van der Waals surface area contributed by atoms with Gasteiger partial charge >= 0.3 is 0 Å². The molecule has 9 heteroatoms. The molecule has 4 atom stereocenters. The second kappa shape index (κ2) is 6.25. The van der Waals surface area contributed by atoms with E-state index in [1.54, 1.807) is 6.07 Å². The predicted octanol–water partition coefficient (Wildman–Crippen LogP) is 2.89. The first-order valence-electron chi connectivity index (χ1n) is 6.33. The van der Waals surface area contributed by atoms with Gasteiger partial charge in [0.05, 0.1) is 20.2 Å². The minimum absolute atomic E-state index is 0.220. The highest BCUT2D eigenvalue weighted by Gasteiger charge is 2.45. The van der Waals surface area contributed by atoms with E-state index in [0.29, 0.717) is 25.2 Å². The molecular weight excluding hydrogens is 467 g/mol. The molecule has 1 aliphatic rings. The van der Waals surface area contributed by atoms with Crippen LogP contribution in [-0.4, -0.2) is 45.2 Å². The zero-order valence-corrected chi connectivity index (χ0v) is 15.3. The van der Waals surface area contributed by atoms with Gasteiger partial charge < -0.3 is 25.0 Å². The Bertz CT molecular complexity index is 738. The Morgan fingerprint density at radius 1 is 1.23 bits per heavy atom. The third-order valence-electron chi connectivity index (χ3n) is 3.74. The van der Waals surface area contributed by atoms with Crippen LogP contribution in [0.3, 0.4) is 0 Å². The van der Waals surface area contributed by atoms with Gasteiger partial charge in [0, 0.05) is 16.5 Å². The highest BCUT2D eigenvalue weighted by atomic mass is 127. The third-order valence-corrected chi connectivity index (χ3v) is 6.22. The van der Waals surface area contributed by atoms with Gasteiger partial charge in [0.25, 0.3) is 0 Å². The summed E-state index contributed by atoms with van der Waals surface area (Å²) in [6.07, 6.45) is -4.26. The molecule has 0 amide bonds. The summed E-state index contributed by atoms with van der Waals surface area (Å²) in [5.41, 5.74) is 1.09. The van der Waals surface area contributed by atoms with Crippen LogP contribution >= 0.6 is 57.4 Å². The first kappa shape index (κ1) is 17.0. The molecule has 22 heavy (non-hydrogen) atoms. The van der Waals surface area contributed by atoms with Crippen molar-refractivity contribution in [1.82, 2.24) is 4.98 Å². The van der Waals surface area contributed by atoms with Gasteiger partial charge in [-0.05, 0) is 28.7 Å². The van der Waals surface area contributed by atoms with Crippen molar-refractivity contribution in [1.29, 1.82) is 0 Å². The summed E-state index contributed by atoms with van der Waals surface area (Å²) in [5, 5.41) is 31.0. The van der Waals surface area contributed by atoms with Crippen LogP contribution in [0.4, 0.5) is 0 Å². The second-order valence-electron chi connectivity index (χ2n) is 5.02. The minimum atomic E-state index is -1.24. The normalized spacial score (nSPS) is 28.7. The molecule has 3 rings (SSSR count). The Balaban J connectivity index is 2.24. The zero-order valence-electron chi connectivity index (χ0n) is 10.9. The molecule has 1 aromatic heterocycles. The number of ether oxygens (including phenoxy) is 1. The number of aromatic amines is 1. The van der Waals surface area contributed by atoms with Gasteiger partial charge in [0.1, 0.15) is 29.6 Å². The van der Waals surface area contributed by atoms with Crippen molar-refractivity contribution >= 4 is 68.3 Å². The number of aromatic nitrogens is 1. The highest BCUT2D eigenvalue weighted by Crippen LogP contribution is 2.45. The number of hydrogen-bond acceptors (Lipinski definition) is 4. The molecule has 0 bridgehead atoms. The molecule has 2 heterocycles. The molecule has 0 radical (unpaired) electrons. The van der Waals surface area contributed by atoms with Crippen LogP contribution in [0.1, 0.15) is 11.7 Å². The standard InChI is InChI=1S/C13H11Cl3INO4/c14-3-1-4-6(9(17)13(16)18-4)7(8(3)15)12-11(21)10(20)5(2-19)22-12/h1,5,10-12,18-21H,2H2/t5-,10-,11-,12+/m1/s1. The number of fused-ring (bicyclic) bond motifs is 1. The lowest BCUT2D eigenvalue weighted by Gasteiger charge is -2.19. The van der Waals surface area contributed by atoms with Crippen molar-refractivity contribution in [3.05, 3.63) is 30.4 Å². The number of benzene rings is 1. The molecule has 0 unspecified atom stereocenters. The van der Waals surface area contributed by atoms with E-state index in [0.717, 1.165) is 0 Å². The summed E-state index contributed by atoms with van der Waals surface area (Å²) in [5.74, 6) is 0. The zero-order chi connectivity index (χ0) is 16.2. The second-order valence-corrected chi connectivity index (χ2v) is 7.26. The van der Waals surface area contributed by atoms with E-state index < -0.39 is 31.0 Å². The molecule has 1 fully saturated rings. The van der Waals surface area contributed by atoms with Crippen LogP contribution < -0.4 is 0 Å². The Hall–Kier alpha value is 0.200. The number of H-pyrrole nitrogens is 1. The van der Waals surface area contributed by atoms with E-state index >= 15 is 0 Å². The molecule has 2 aromatic rings. The first-order chi connectivity index (χ1) is 10.4. The lowest BCUT2D eigenvalue weighted by Crippen LogP contribution is -2.32. The Labute approximate surface area is 154 Å². The van der Waals surface area contributed by atoms with Gasteiger partial charge in [-0.2, -0.15) is 0 Å². The fraction of sp³-hybridized carbons (Fsp3) is 0.385. The van der Waals surface area contributed by atoms with E-state index in [-0.39, 0.29) is 10.0 Å². The van der Waals surface area contributed by atoms with Gasteiger partial charge in [0.15, 0.2) is 0 Å². The van der Waals surface area contributed by atoms with Crippen LogP contribution in [-0.2, 0) is 4.74 Å². The molecular formula is C13H11Cl3INO4. The van der Waals surface area contributed by atoms with Crippen LogP contribution in [0.25, 0.3) is 10.9 Å². The maximum absolute atomic E-state index is 10.3. The first-order valence-corrected chi connectivity index (χ1v) is 8.55. The average Bonchev–Trinajstić information content (AvgIpc) is 2.92. The van der Waals surface area contributed by atoms with E-state index in [1.807, 2.05) is 0 Å². The van der Waals surface area contributed by atoms with Gasteiger partial charge in [-0.25, -0.2) is 0 Å². The lowest BCUT2D eigenvalue weighted by atomic mass is 9.98. The summed E-state index contributed by atoms with van der Waals surface area (Å²) >= 11 is 20.6. The number of aliphatic hydroxyl groups excluding tert-OH is 3. The van der Waals surface area contributed by atoms with E-state index in [4.69, 9.17) is 39.5 Å². The average molecular weight is 478 g/mol. The smallest absolute Gasteiger partial charge is 0.120 e. The topological polar surface area (TPSA) is 85.7 Å². The van der Waals surface area contributed by atoms with Crippen molar-refractivity contribution in [3.63, 3.8) is 0 Å². The van der Waals surface area contributed by atoms with Crippen molar-refractivity contribution < 1.29 is 20.1 Å². The molecule has 4 N–H and O–H groups in total. The lowest BCUT2D eigenvalue weighted by molar-refractivity contribution is -0.0223. The van der Waals surface area contributed by atoms with Gasteiger partial charge in [-0.15, -0.1) is 0 Å². The van der Waals surface area contributed by atoms with Crippen LogP contribution in [0.15, 0.2) is 6.07 Å². The van der Waals surface area contributed by atoms with Crippen molar-refractivity contribution in [2.45, 2.75) is 24.4 Å². The van der Waals surface area contributed by atoms with Crippen LogP contribution in [0.2, 0.25) is 15.2 Å². The number of nitrogens with one attached hydrogen (secondary N) is 1.